The molecule has 3 rings (SSSR count). The second-order valence-electron chi connectivity index (χ2n) is 7.88. The van der Waals surface area contributed by atoms with Gasteiger partial charge in [-0.25, -0.2) is 9.69 Å². The monoisotopic (exact) mass is 352 g/mol. The van der Waals surface area contributed by atoms with E-state index in [-0.39, 0.29) is 23.8 Å². The Morgan fingerprint density at radius 1 is 1.32 bits per heavy atom. The third-order valence-corrected chi connectivity index (χ3v) is 5.99. The Hall–Kier alpha value is -1.63. The normalized spacial score (nSPS) is 35.8. The van der Waals surface area contributed by atoms with E-state index in [1.165, 1.54) is 4.90 Å². The number of piperidine rings is 1. The number of amides is 3. The second-order valence-corrected chi connectivity index (χ2v) is 7.88. The van der Waals surface area contributed by atoms with Crippen LogP contribution in [0.1, 0.15) is 52.4 Å². The third kappa shape index (κ3) is 3.66. The Morgan fingerprint density at radius 2 is 2.04 bits per heavy atom. The van der Waals surface area contributed by atoms with Crippen LogP contribution in [0.5, 0.6) is 0 Å². The minimum Gasteiger partial charge on any atom is -0.466 e. The first-order valence-corrected chi connectivity index (χ1v) is 9.59. The number of quaternary nitrogens is 1. The molecule has 0 radical (unpaired) electrons. The summed E-state index contributed by atoms with van der Waals surface area (Å²) in [6.07, 6.45) is 5.14. The predicted molar refractivity (Wildman–Crippen MR) is 90.7 cm³/mol. The maximum Gasteiger partial charge on any atom is 0.329 e. The number of imide groups is 1. The molecular weight excluding hydrogens is 322 g/mol. The van der Waals surface area contributed by atoms with Crippen molar-refractivity contribution in [3.63, 3.8) is 0 Å². The maximum atomic E-state index is 12.9. The fraction of sp³-hybridized carbons (Fsp3) is 0.833. The summed E-state index contributed by atoms with van der Waals surface area (Å²) in [7, 11) is 0. The van der Waals surface area contributed by atoms with E-state index in [0.29, 0.717) is 25.7 Å². The van der Waals surface area contributed by atoms with E-state index >= 15 is 0 Å². The van der Waals surface area contributed by atoms with E-state index < -0.39 is 5.54 Å². The van der Waals surface area contributed by atoms with Crippen molar-refractivity contribution >= 4 is 17.9 Å². The molecule has 1 saturated carbocycles. The van der Waals surface area contributed by atoms with Gasteiger partial charge in [0.1, 0.15) is 11.5 Å². The average molecular weight is 352 g/mol. The van der Waals surface area contributed by atoms with Crippen LogP contribution in [0.25, 0.3) is 0 Å². The van der Waals surface area contributed by atoms with Crippen molar-refractivity contribution in [1.82, 2.24) is 10.2 Å². The van der Waals surface area contributed by atoms with Gasteiger partial charge in [-0.15, -0.1) is 0 Å². The molecule has 7 nitrogen and oxygen atoms in total. The van der Waals surface area contributed by atoms with Crippen LogP contribution < -0.4 is 10.2 Å². The molecule has 2 heterocycles. The second kappa shape index (κ2) is 7.32. The Balaban J connectivity index is 1.61. The SMILES string of the molecule is CCOC(=O)[C@@H]1CCC[NH+](CN2C(=O)NC3(CCC(C)CC3)C2=O)C1. The first kappa shape index (κ1) is 18.2. The molecule has 0 aromatic heterocycles. The van der Waals surface area contributed by atoms with Crippen molar-refractivity contribution in [3.05, 3.63) is 0 Å². The summed E-state index contributed by atoms with van der Waals surface area (Å²) in [5, 5.41) is 2.97. The van der Waals surface area contributed by atoms with E-state index in [1.807, 2.05) is 6.92 Å². The summed E-state index contributed by atoms with van der Waals surface area (Å²) in [5.41, 5.74) is -0.681. The largest absolute Gasteiger partial charge is 0.466 e. The van der Waals surface area contributed by atoms with Gasteiger partial charge in [-0.05, 0) is 51.4 Å². The number of carbonyl (C=O) groups excluding carboxylic acids is 3. The number of nitrogens with zero attached hydrogens (tertiary/aromatic N) is 1. The molecule has 2 N–H and O–H groups in total. The smallest absolute Gasteiger partial charge is 0.329 e. The molecule has 1 unspecified atom stereocenters. The molecule has 1 aliphatic carbocycles. The van der Waals surface area contributed by atoms with Crippen LogP contribution in [0.2, 0.25) is 0 Å². The van der Waals surface area contributed by atoms with E-state index in [0.717, 1.165) is 50.0 Å². The molecule has 25 heavy (non-hydrogen) atoms. The van der Waals surface area contributed by atoms with Crippen LogP contribution in [0.4, 0.5) is 4.79 Å². The highest BCUT2D eigenvalue weighted by molar-refractivity contribution is 6.06. The van der Waals surface area contributed by atoms with Crippen molar-refractivity contribution in [2.24, 2.45) is 11.8 Å². The van der Waals surface area contributed by atoms with Gasteiger partial charge >= 0.3 is 12.0 Å². The molecular formula is C18H30N3O4+. The minimum absolute atomic E-state index is 0.0739. The van der Waals surface area contributed by atoms with Crippen LogP contribution >= 0.6 is 0 Å². The summed E-state index contributed by atoms with van der Waals surface area (Å²) in [6, 6.07) is -0.273. The molecule has 3 fully saturated rings. The van der Waals surface area contributed by atoms with Crippen molar-refractivity contribution in [1.29, 1.82) is 0 Å². The molecule has 7 heteroatoms. The van der Waals surface area contributed by atoms with Crippen LogP contribution in [0.3, 0.4) is 0 Å². The zero-order valence-corrected chi connectivity index (χ0v) is 15.3. The van der Waals surface area contributed by atoms with Gasteiger partial charge in [-0.3, -0.25) is 9.59 Å². The van der Waals surface area contributed by atoms with Gasteiger partial charge < -0.3 is 15.0 Å². The third-order valence-electron chi connectivity index (χ3n) is 5.99. The first-order valence-electron chi connectivity index (χ1n) is 9.59. The zero-order valence-electron chi connectivity index (χ0n) is 15.3. The summed E-state index contributed by atoms with van der Waals surface area (Å²) in [5.74, 6) is 0.251. The van der Waals surface area contributed by atoms with Gasteiger partial charge in [-0.2, -0.15) is 0 Å². The van der Waals surface area contributed by atoms with Gasteiger partial charge in [0.25, 0.3) is 5.91 Å². The number of nitrogens with one attached hydrogen (secondary N) is 2. The molecule has 3 aliphatic rings. The van der Waals surface area contributed by atoms with Crippen LogP contribution in [0.15, 0.2) is 0 Å². The van der Waals surface area contributed by atoms with Gasteiger partial charge in [-0.1, -0.05) is 6.92 Å². The molecule has 140 valence electrons. The quantitative estimate of drug-likeness (QED) is 0.563. The standard InChI is InChI=1S/C18H29N3O4/c1-3-25-15(22)14-5-4-10-20(11-14)12-21-16(23)18(19-17(21)24)8-6-13(2)7-9-18/h13-14H,3-12H2,1-2H3,(H,19,24)/p+1/t13?,14-,18?/m1/s1. The number of carbonyl (C=O) groups is 3. The van der Waals surface area contributed by atoms with Gasteiger partial charge in [0.2, 0.25) is 0 Å². The average Bonchev–Trinajstić information content (AvgIpc) is 2.83. The predicted octanol–water partition coefficient (Wildman–Crippen LogP) is 0.303. The topological polar surface area (TPSA) is 80.2 Å². The highest BCUT2D eigenvalue weighted by atomic mass is 16.5. The summed E-state index contributed by atoms with van der Waals surface area (Å²) < 4.78 is 5.13. The lowest BCUT2D eigenvalue weighted by molar-refractivity contribution is -0.914. The van der Waals surface area contributed by atoms with Crippen molar-refractivity contribution in [3.8, 4) is 0 Å². The number of urea groups is 1. The van der Waals surface area contributed by atoms with Crippen LogP contribution in [-0.2, 0) is 14.3 Å². The fourth-order valence-electron chi connectivity index (χ4n) is 4.39. The number of esters is 1. The number of likely N-dealkylation sites (tertiary alicyclic amines) is 1. The molecule has 1 spiro atoms. The molecule has 2 atom stereocenters. The zero-order chi connectivity index (χ0) is 18.0. The molecule has 2 saturated heterocycles. The highest BCUT2D eigenvalue weighted by Crippen LogP contribution is 2.35. The number of ether oxygens (including phenoxy) is 1. The molecule has 0 bridgehead atoms. The summed E-state index contributed by atoms with van der Waals surface area (Å²) in [4.78, 5) is 39.8. The lowest BCUT2D eigenvalue weighted by atomic mass is 9.77. The molecule has 3 amide bonds. The summed E-state index contributed by atoms with van der Waals surface area (Å²) >= 11 is 0. The Labute approximate surface area is 149 Å². The van der Waals surface area contributed by atoms with Crippen LogP contribution in [-0.4, -0.2) is 54.7 Å². The lowest BCUT2D eigenvalue weighted by Gasteiger charge is -2.34. The van der Waals surface area contributed by atoms with E-state index in [2.05, 4.69) is 12.2 Å². The van der Waals surface area contributed by atoms with E-state index in [9.17, 15) is 14.4 Å². The van der Waals surface area contributed by atoms with E-state index in [4.69, 9.17) is 4.74 Å². The minimum atomic E-state index is -0.681. The van der Waals surface area contributed by atoms with Gasteiger partial charge in [0.15, 0.2) is 6.67 Å². The van der Waals surface area contributed by atoms with E-state index in [1.54, 1.807) is 0 Å². The molecule has 0 aromatic carbocycles. The Morgan fingerprint density at radius 3 is 2.72 bits per heavy atom. The number of hydrogen-bond acceptors (Lipinski definition) is 4. The lowest BCUT2D eigenvalue weighted by Crippen LogP contribution is -3.15. The highest BCUT2D eigenvalue weighted by Gasteiger charge is 2.53. The van der Waals surface area contributed by atoms with Crippen molar-refractivity contribution in [2.75, 3.05) is 26.4 Å². The van der Waals surface area contributed by atoms with Crippen molar-refractivity contribution < 1.29 is 24.0 Å². The number of hydrogen-bond donors (Lipinski definition) is 2. The molecule has 2 aliphatic heterocycles. The van der Waals surface area contributed by atoms with Gasteiger partial charge in [0, 0.05) is 0 Å². The first-order chi connectivity index (χ1) is 11.9. The Bertz CT molecular complexity index is 542. The van der Waals surface area contributed by atoms with Gasteiger partial charge in [0.05, 0.1) is 19.7 Å². The Kier molecular flexibility index (Phi) is 5.32. The number of rotatable bonds is 4. The maximum absolute atomic E-state index is 12.9. The summed E-state index contributed by atoms with van der Waals surface area (Å²) in [6.45, 7) is 6.23. The molecule has 0 aromatic rings. The van der Waals surface area contributed by atoms with Crippen molar-refractivity contribution in [2.45, 2.75) is 57.9 Å². The van der Waals surface area contributed by atoms with Crippen LogP contribution in [0, 0.1) is 11.8 Å². The fourth-order valence-corrected chi connectivity index (χ4v) is 4.39.